The molecule has 3 aromatic rings. The van der Waals surface area contributed by atoms with Crippen molar-refractivity contribution in [1.29, 1.82) is 0 Å². The van der Waals surface area contributed by atoms with Gasteiger partial charge in [0.15, 0.2) is 0 Å². The molecule has 1 amide bonds. The maximum atomic E-state index is 13.3. The molecular formula is C26H24N2O5. The zero-order valence-corrected chi connectivity index (χ0v) is 18.8. The van der Waals surface area contributed by atoms with Gasteiger partial charge in [0.2, 0.25) is 0 Å². The van der Waals surface area contributed by atoms with Gasteiger partial charge in [0.05, 0.1) is 31.4 Å². The molecule has 0 radical (unpaired) electrons. The lowest BCUT2D eigenvalue weighted by Gasteiger charge is -2.26. The minimum atomic E-state index is -0.842. The molecule has 0 spiro atoms. The number of nitrogens with zero attached hydrogens (tertiary/aromatic N) is 2. The Balaban J connectivity index is 1.99. The zero-order chi connectivity index (χ0) is 23.7. The van der Waals surface area contributed by atoms with Crippen molar-refractivity contribution >= 4 is 23.1 Å². The summed E-state index contributed by atoms with van der Waals surface area (Å²) in [5, 5.41) is 11.4. The number of aryl methyl sites for hydroxylation is 2. The summed E-state index contributed by atoms with van der Waals surface area (Å²) in [7, 11) is 2.97. The second kappa shape index (κ2) is 8.78. The smallest absolute Gasteiger partial charge is 0.300 e. The molecule has 0 saturated carbocycles. The Morgan fingerprint density at radius 2 is 1.61 bits per heavy atom. The Bertz CT molecular complexity index is 1250. The summed E-state index contributed by atoms with van der Waals surface area (Å²) in [6.07, 6.45) is 3.17. The molecule has 0 bridgehead atoms. The van der Waals surface area contributed by atoms with Crippen LogP contribution in [0.25, 0.3) is 5.76 Å². The van der Waals surface area contributed by atoms with Gasteiger partial charge in [0.25, 0.3) is 11.7 Å². The number of aromatic nitrogens is 1. The van der Waals surface area contributed by atoms with E-state index in [-0.39, 0.29) is 16.9 Å². The third kappa shape index (κ3) is 3.93. The summed E-state index contributed by atoms with van der Waals surface area (Å²) >= 11 is 0. The summed E-state index contributed by atoms with van der Waals surface area (Å²) in [4.78, 5) is 32.1. The molecule has 1 aliphatic heterocycles. The summed E-state index contributed by atoms with van der Waals surface area (Å²) in [6.45, 7) is 3.85. The van der Waals surface area contributed by atoms with Crippen molar-refractivity contribution in [3.05, 3.63) is 88.8 Å². The molecule has 1 N–H and O–H groups in total. The average Bonchev–Trinajstić information content (AvgIpc) is 3.08. The fourth-order valence-corrected chi connectivity index (χ4v) is 4.19. The number of ether oxygens (including phenoxy) is 2. The predicted octanol–water partition coefficient (Wildman–Crippen LogP) is 4.34. The second-order valence-corrected chi connectivity index (χ2v) is 7.86. The van der Waals surface area contributed by atoms with E-state index in [4.69, 9.17) is 9.47 Å². The number of hydrogen-bond acceptors (Lipinski definition) is 6. The van der Waals surface area contributed by atoms with Crippen molar-refractivity contribution in [2.45, 2.75) is 19.9 Å². The molecule has 1 aliphatic rings. The van der Waals surface area contributed by atoms with E-state index in [1.807, 2.05) is 32.0 Å². The molecule has 1 saturated heterocycles. The summed E-state index contributed by atoms with van der Waals surface area (Å²) < 4.78 is 10.7. The number of rotatable bonds is 5. The first kappa shape index (κ1) is 22.1. The van der Waals surface area contributed by atoms with Crippen LogP contribution in [-0.4, -0.2) is 36.0 Å². The molecule has 2 heterocycles. The first-order valence-electron chi connectivity index (χ1n) is 10.4. The predicted molar refractivity (Wildman–Crippen MR) is 124 cm³/mol. The Kier molecular flexibility index (Phi) is 5.87. The number of carbonyl (C=O) groups is 2. The van der Waals surface area contributed by atoms with Crippen molar-refractivity contribution in [2.24, 2.45) is 0 Å². The molecule has 1 fully saturated rings. The Morgan fingerprint density at radius 3 is 2.21 bits per heavy atom. The van der Waals surface area contributed by atoms with Crippen LogP contribution >= 0.6 is 0 Å². The van der Waals surface area contributed by atoms with E-state index < -0.39 is 17.7 Å². The fourth-order valence-electron chi connectivity index (χ4n) is 4.19. The zero-order valence-electron chi connectivity index (χ0n) is 18.8. The first-order chi connectivity index (χ1) is 15.8. The maximum Gasteiger partial charge on any atom is 0.300 e. The van der Waals surface area contributed by atoms with Gasteiger partial charge in [-0.05, 0) is 73.0 Å². The number of pyridine rings is 1. The summed E-state index contributed by atoms with van der Waals surface area (Å²) in [5.74, 6) is -1.01. The summed E-state index contributed by atoms with van der Waals surface area (Å²) in [6, 6.07) is 13.2. The van der Waals surface area contributed by atoms with Gasteiger partial charge in [-0.25, -0.2) is 0 Å². The van der Waals surface area contributed by atoms with E-state index in [1.165, 1.54) is 19.1 Å². The van der Waals surface area contributed by atoms with Gasteiger partial charge in [0.1, 0.15) is 17.3 Å². The third-order valence-electron chi connectivity index (χ3n) is 5.61. The van der Waals surface area contributed by atoms with Crippen LogP contribution in [0, 0.1) is 13.8 Å². The molecule has 2 aromatic carbocycles. The van der Waals surface area contributed by atoms with Gasteiger partial charge in [-0.15, -0.1) is 0 Å². The van der Waals surface area contributed by atoms with Crippen LogP contribution < -0.4 is 14.4 Å². The number of carbonyl (C=O) groups excluding carboxylic acids is 2. The molecule has 7 nitrogen and oxygen atoms in total. The molecular weight excluding hydrogens is 420 g/mol. The highest BCUT2D eigenvalue weighted by molar-refractivity contribution is 6.51. The molecule has 0 aliphatic carbocycles. The number of aliphatic hydroxyl groups is 1. The van der Waals surface area contributed by atoms with Gasteiger partial charge >= 0.3 is 0 Å². The van der Waals surface area contributed by atoms with E-state index in [1.54, 1.807) is 42.7 Å². The van der Waals surface area contributed by atoms with Gasteiger partial charge in [-0.2, -0.15) is 0 Å². The molecule has 1 atom stereocenters. The topological polar surface area (TPSA) is 89.0 Å². The first-order valence-corrected chi connectivity index (χ1v) is 10.4. The van der Waals surface area contributed by atoms with Crippen LogP contribution in [0.3, 0.4) is 0 Å². The lowest BCUT2D eigenvalue weighted by Crippen LogP contribution is -2.29. The van der Waals surface area contributed by atoms with Crippen molar-refractivity contribution in [3.63, 3.8) is 0 Å². The minimum absolute atomic E-state index is 0.0306. The molecule has 4 rings (SSSR count). The number of Topliss-reactive ketones (excluding diaryl/α,β-unsaturated/α-hetero) is 1. The SMILES string of the molecule is COc1ccc(OC)c(/C(O)=C2\C(=O)C(=O)N(c3cc(C)cc(C)c3)C2c2ccncc2)c1. The van der Waals surface area contributed by atoms with E-state index in [0.29, 0.717) is 22.7 Å². The minimum Gasteiger partial charge on any atom is -0.507 e. The van der Waals surface area contributed by atoms with Crippen molar-refractivity contribution in [2.75, 3.05) is 19.1 Å². The lowest BCUT2D eigenvalue weighted by molar-refractivity contribution is -0.132. The molecule has 1 unspecified atom stereocenters. The van der Waals surface area contributed by atoms with E-state index in [0.717, 1.165) is 11.1 Å². The molecule has 33 heavy (non-hydrogen) atoms. The quantitative estimate of drug-likeness (QED) is 0.358. The number of methoxy groups -OCH3 is 2. The van der Waals surface area contributed by atoms with Crippen LogP contribution in [0.15, 0.2) is 66.5 Å². The van der Waals surface area contributed by atoms with Gasteiger partial charge in [-0.3, -0.25) is 19.5 Å². The number of benzene rings is 2. The average molecular weight is 444 g/mol. The summed E-state index contributed by atoms with van der Waals surface area (Å²) in [5.41, 5.74) is 3.36. The van der Waals surface area contributed by atoms with Gasteiger partial charge in [0, 0.05) is 18.1 Å². The van der Waals surface area contributed by atoms with Crippen LogP contribution in [0.5, 0.6) is 11.5 Å². The highest BCUT2D eigenvalue weighted by Crippen LogP contribution is 2.43. The van der Waals surface area contributed by atoms with E-state index >= 15 is 0 Å². The van der Waals surface area contributed by atoms with E-state index in [9.17, 15) is 14.7 Å². The van der Waals surface area contributed by atoms with Crippen LogP contribution in [-0.2, 0) is 9.59 Å². The van der Waals surface area contributed by atoms with Gasteiger partial charge in [-0.1, -0.05) is 6.07 Å². The molecule has 7 heteroatoms. The fraction of sp³-hybridized carbons (Fsp3) is 0.192. The molecule has 1 aromatic heterocycles. The standard InChI is InChI=1S/C26H24N2O5/c1-15-11-16(2)13-18(12-15)28-23(17-7-9-27-10-8-17)22(25(30)26(28)31)24(29)20-14-19(32-3)5-6-21(20)33-4/h5-14,23,29H,1-4H3/b24-22+. The van der Waals surface area contributed by atoms with Crippen LogP contribution in [0.1, 0.15) is 28.3 Å². The molecule has 168 valence electrons. The third-order valence-corrected chi connectivity index (χ3v) is 5.61. The van der Waals surface area contributed by atoms with Crippen molar-refractivity contribution < 1.29 is 24.2 Å². The van der Waals surface area contributed by atoms with Gasteiger partial charge < -0.3 is 14.6 Å². The highest BCUT2D eigenvalue weighted by Gasteiger charge is 2.47. The lowest BCUT2D eigenvalue weighted by atomic mass is 9.95. The Hall–Kier alpha value is -4.13. The Morgan fingerprint density at radius 1 is 0.939 bits per heavy atom. The van der Waals surface area contributed by atoms with Crippen LogP contribution in [0.2, 0.25) is 0 Å². The van der Waals surface area contributed by atoms with E-state index in [2.05, 4.69) is 4.98 Å². The number of amides is 1. The highest BCUT2D eigenvalue weighted by atomic mass is 16.5. The number of anilines is 1. The normalized spacial score (nSPS) is 17.3. The monoisotopic (exact) mass is 444 g/mol. The van der Waals surface area contributed by atoms with Crippen molar-refractivity contribution in [3.8, 4) is 11.5 Å². The second-order valence-electron chi connectivity index (χ2n) is 7.86. The number of hydrogen-bond donors (Lipinski definition) is 1. The van der Waals surface area contributed by atoms with Crippen molar-refractivity contribution in [1.82, 2.24) is 4.98 Å². The number of ketones is 1. The number of aliphatic hydroxyl groups excluding tert-OH is 1. The Labute approximate surface area is 191 Å². The largest absolute Gasteiger partial charge is 0.507 e. The maximum absolute atomic E-state index is 13.3. The van der Waals surface area contributed by atoms with Crippen LogP contribution in [0.4, 0.5) is 5.69 Å².